The van der Waals surface area contributed by atoms with E-state index in [1.807, 2.05) is 66.1 Å². The van der Waals surface area contributed by atoms with E-state index in [4.69, 9.17) is 0 Å². The fraction of sp³-hybridized carbons (Fsp3) is 0.125. The van der Waals surface area contributed by atoms with Crippen LogP contribution in [-0.2, 0) is 4.79 Å². The molecule has 1 aliphatic rings. The summed E-state index contributed by atoms with van der Waals surface area (Å²) in [7, 11) is 0. The topological polar surface area (TPSA) is 106 Å². The van der Waals surface area contributed by atoms with Gasteiger partial charge in [0.25, 0.3) is 11.4 Å². The lowest BCUT2D eigenvalue weighted by Crippen LogP contribution is -2.42. The maximum absolute atomic E-state index is 12.4. The zero-order valence-corrected chi connectivity index (χ0v) is 18.6. The van der Waals surface area contributed by atoms with Crippen molar-refractivity contribution in [3.8, 4) is 5.75 Å². The van der Waals surface area contributed by atoms with E-state index in [2.05, 4.69) is 21.1 Å². The highest BCUT2D eigenvalue weighted by atomic mass is 32.2. The maximum atomic E-state index is 12.4. The molecule has 8 nitrogen and oxygen atoms in total. The molecule has 166 valence electrons. The Hall–Kier alpha value is -3.98. The number of phenolic OH excluding ortho intramolecular Hbond substituents is 1. The van der Waals surface area contributed by atoms with E-state index in [1.165, 1.54) is 23.9 Å². The van der Waals surface area contributed by atoms with E-state index in [9.17, 15) is 14.7 Å². The summed E-state index contributed by atoms with van der Waals surface area (Å²) in [5, 5.41) is 18.5. The second-order valence-electron chi connectivity index (χ2n) is 7.27. The number of para-hydroxylation sites is 1. The highest BCUT2D eigenvalue weighted by Crippen LogP contribution is 2.29. The number of rotatable bonds is 6. The molecule has 0 fully saturated rings. The number of amides is 2. The molecular weight excluding hydrogens is 438 g/mol. The summed E-state index contributed by atoms with van der Waals surface area (Å²) in [5.41, 5.74) is 7.28. The minimum atomic E-state index is -0.604. The molecule has 4 rings (SSSR count). The first-order valence-corrected chi connectivity index (χ1v) is 11.3. The fourth-order valence-electron chi connectivity index (χ4n) is 3.20. The molecule has 0 radical (unpaired) electrons. The molecular formula is C24H22N5O3S+. The second-order valence-corrected chi connectivity index (χ2v) is 8.31. The average Bonchev–Trinajstić information content (AvgIpc) is 3.26. The molecule has 9 heteroatoms. The summed E-state index contributed by atoms with van der Waals surface area (Å²) in [6, 6.07) is 23.8. The van der Waals surface area contributed by atoms with Crippen molar-refractivity contribution in [2.45, 2.75) is 12.4 Å². The maximum Gasteiger partial charge on any atom is 0.360 e. The van der Waals surface area contributed by atoms with Crippen LogP contribution in [0.25, 0.3) is 0 Å². The molecule has 0 aromatic heterocycles. The van der Waals surface area contributed by atoms with Crippen LogP contribution >= 0.6 is 11.8 Å². The predicted molar refractivity (Wildman–Crippen MR) is 126 cm³/mol. The van der Waals surface area contributed by atoms with Crippen LogP contribution < -0.4 is 10.9 Å². The smallest absolute Gasteiger partial charge is 0.360 e. The Kier molecular flexibility index (Phi) is 6.80. The molecule has 1 heterocycles. The van der Waals surface area contributed by atoms with Crippen molar-refractivity contribution in [2.75, 3.05) is 5.75 Å². The van der Waals surface area contributed by atoms with Crippen LogP contribution in [0.3, 0.4) is 0 Å². The van der Waals surface area contributed by atoms with Crippen LogP contribution in [-0.4, -0.2) is 38.6 Å². The summed E-state index contributed by atoms with van der Waals surface area (Å²) < 4.78 is 1.98. The summed E-state index contributed by atoms with van der Waals surface area (Å²) >= 11 is 1.28. The summed E-state index contributed by atoms with van der Waals surface area (Å²) in [6.45, 7) is 2.02. The number of hydrazine groups is 1. The Morgan fingerprint density at radius 2 is 1.67 bits per heavy atom. The van der Waals surface area contributed by atoms with Crippen molar-refractivity contribution in [1.82, 2.24) is 10.9 Å². The molecule has 1 aliphatic heterocycles. The quantitative estimate of drug-likeness (QED) is 0.385. The summed E-state index contributed by atoms with van der Waals surface area (Å²) in [5.74, 6) is -0.438. The molecule has 0 spiro atoms. The number of nitrogens with zero attached hydrogens (tertiary/aromatic N) is 3. The van der Waals surface area contributed by atoms with Gasteiger partial charge in [-0.2, -0.15) is 4.58 Å². The molecule has 3 aromatic rings. The van der Waals surface area contributed by atoms with Crippen LogP contribution in [0.4, 0.5) is 5.69 Å². The van der Waals surface area contributed by atoms with Gasteiger partial charge in [-0.05, 0) is 48.4 Å². The minimum absolute atomic E-state index is 0.0369. The number of hydrogen-bond donors (Lipinski definition) is 3. The van der Waals surface area contributed by atoms with Gasteiger partial charge in [0.2, 0.25) is 5.91 Å². The highest BCUT2D eigenvalue weighted by molar-refractivity contribution is 8.00. The van der Waals surface area contributed by atoms with Crippen molar-refractivity contribution in [1.29, 1.82) is 0 Å². The van der Waals surface area contributed by atoms with Crippen molar-refractivity contribution in [3.05, 3.63) is 95.6 Å². The lowest BCUT2D eigenvalue weighted by atomic mass is 10.2. The van der Waals surface area contributed by atoms with E-state index in [-0.39, 0.29) is 17.1 Å². The van der Waals surface area contributed by atoms with Gasteiger partial charge in [0.1, 0.15) is 11.4 Å². The largest absolute Gasteiger partial charge is 0.507 e. The first-order valence-electron chi connectivity index (χ1n) is 10.2. The van der Waals surface area contributed by atoms with Crippen molar-refractivity contribution in [3.63, 3.8) is 0 Å². The van der Waals surface area contributed by atoms with E-state index >= 15 is 0 Å². The lowest BCUT2D eigenvalue weighted by molar-refractivity contribution is -0.448. The summed E-state index contributed by atoms with van der Waals surface area (Å²) in [6.07, 6.45) is 0. The van der Waals surface area contributed by atoms with E-state index in [0.717, 1.165) is 16.8 Å². The predicted octanol–water partition coefficient (Wildman–Crippen LogP) is 3.74. The van der Waals surface area contributed by atoms with E-state index < -0.39 is 17.3 Å². The van der Waals surface area contributed by atoms with Crippen molar-refractivity contribution >= 4 is 35.1 Å². The third-order valence-electron chi connectivity index (χ3n) is 4.87. The van der Waals surface area contributed by atoms with Gasteiger partial charge in [-0.25, -0.2) is 0 Å². The number of thioether (sulfide) groups is 1. The van der Waals surface area contributed by atoms with Crippen LogP contribution in [0.15, 0.2) is 89.1 Å². The third-order valence-corrected chi connectivity index (χ3v) is 5.90. The summed E-state index contributed by atoms with van der Waals surface area (Å²) in [4.78, 5) is 24.5. The Morgan fingerprint density at radius 3 is 2.39 bits per heavy atom. The number of carbonyl (C=O) groups excluding carboxylic acids is 2. The average molecular weight is 461 g/mol. The first kappa shape index (κ1) is 22.2. The number of aromatic hydroxyl groups is 1. The van der Waals surface area contributed by atoms with Gasteiger partial charge in [0, 0.05) is 0 Å². The number of carbonyl (C=O) groups is 2. The molecule has 0 saturated carbocycles. The third kappa shape index (κ3) is 5.27. The zero-order chi connectivity index (χ0) is 23.2. The lowest BCUT2D eigenvalue weighted by Gasteiger charge is -2.11. The Labute approximate surface area is 195 Å². The van der Waals surface area contributed by atoms with E-state index in [1.54, 1.807) is 12.1 Å². The molecule has 3 aromatic carbocycles. The molecule has 1 unspecified atom stereocenters. The number of azo groups is 1. The Bertz CT molecular complexity index is 1230. The molecule has 1 atom stereocenters. The second kappa shape index (κ2) is 10.1. The van der Waals surface area contributed by atoms with Crippen molar-refractivity contribution < 1.29 is 19.3 Å². The SMILES string of the molecule is Cc1ccc([N+]2=C(c3ccccc3)N=NC2SCC(=O)NNC(=O)c2ccccc2O)cc1. The van der Waals surface area contributed by atoms with Crippen LogP contribution in [0.5, 0.6) is 5.75 Å². The van der Waals surface area contributed by atoms with Crippen LogP contribution in [0.2, 0.25) is 0 Å². The van der Waals surface area contributed by atoms with Gasteiger partial charge in [0.15, 0.2) is 0 Å². The number of aryl methyl sites for hydroxylation is 1. The number of benzene rings is 3. The molecule has 0 bridgehead atoms. The first-order chi connectivity index (χ1) is 16.0. The molecule has 2 amide bonds. The molecule has 0 saturated heterocycles. The van der Waals surface area contributed by atoms with Crippen LogP contribution in [0.1, 0.15) is 21.5 Å². The van der Waals surface area contributed by atoms with Gasteiger partial charge in [-0.3, -0.25) is 20.4 Å². The van der Waals surface area contributed by atoms with Gasteiger partial charge < -0.3 is 5.11 Å². The minimum Gasteiger partial charge on any atom is -0.507 e. The Balaban J connectivity index is 1.44. The number of nitrogens with one attached hydrogen (secondary N) is 2. The van der Waals surface area contributed by atoms with Crippen LogP contribution in [0, 0.1) is 6.92 Å². The van der Waals surface area contributed by atoms with Gasteiger partial charge >= 0.3 is 5.84 Å². The van der Waals surface area contributed by atoms with Crippen molar-refractivity contribution in [2.24, 2.45) is 10.2 Å². The molecule has 0 aliphatic carbocycles. The normalized spacial score (nSPS) is 14.9. The zero-order valence-electron chi connectivity index (χ0n) is 17.8. The standard InChI is InChI=1S/C24H21N5O3S/c1-16-11-13-18(14-12-16)29-22(17-7-3-2-4-8-17)26-28-24(29)33-15-21(31)25-27-23(32)19-9-5-6-10-20(19)30/h2-14,24,28H,15H2,1H3,(H,30,32)/p+1. The Morgan fingerprint density at radius 1 is 0.970 bits per heavy atom. The molecule has 33 heavy (non-hydrogen) atoms. The van der Waals surface area contributed by atoms with Gasteiger partial charge in [-0.1, -0.05) is 59.8 Å². The number of phenols is 1. The van der Waals surface area contributed by atoms with E-state index in [0.29, 0.717) is 5.84 Å². The molecule has 3 N–H and O–H groups in total. The number of hydrogen-bond acceptors (Lipinski definition) is 6. The highest BCUT2D eigenvalue weighted by Gasteiger charge is 2.34. The fourth-order valence-corrected chi connectivity index (χ4v) is 4.06. The monoisotopic (exact) mass is 460 g/mol. The number of amidine groups is 1. The van der Waals surface area contributed by atoms with Gasteiger partial charge in [-0.15, -0.1) is 0 Å². The van der Waals surface area contributed by atoms with Gasteiger partial charge in [0.05, 0.1) is 22.0 Å².